The Morgan fingerprint density at radius 3 is 2.31 bits per heavy atom. The number of carbonyl (C=O) groups is 3. The molecule has 2 saturated heterocycles. The molecule has 3 amide bonds. The number of methoxy groups -OCH3 is 1. The summed E-state index contributed by atoms with van der Waals surface area (Å²) in [5, 5.41) is 0. The van der Waals surface area contributed by atoms with Gasteiger partial charge in [0.05, 0.1) is 31.4 Å². The summed E-state index contributed by atoms with van der Waals surface area (Å²) < 4.78 is 5.29. The number of likely N-dealkylation sites (tertiary alicyclic amines) is 2. The fraction of sp³-hybridized carbons (Fsp3) is 0.450. The molecule has 0 spiro atoms. The third-order valence-corrected chi connectivity index (χ3v) is 5.66. The first-order chi connectivity index (χ1) is 12.6. The van der Waals surface area contributed by atoms with Gasteiger partial charge in [-0.1, -0.05) is 30.4 Å². The van der Waals surface area contributed by atoms with Gasteiger partial charge in [-0.05, 0) is 18.9 Å². The summed E-state index contributed by atoms with van der Waals surface area (Å²) in [5.74, 6) is 0.150. The second-order valence-corrected chi connectivity index (χ2v) is 7.14. The Labute approximate surface area is 152 Å². The Bertz CT molecular complexity index is 756. The molecule has 0 radical (unpaired) electrons. The molecule has 6 nitrogen and oxygen atoms in total. The van der Waals surface area contributed by atoms with Gasteiger partial charge in [-0.15, -0.1) is 0 Å². The van der Waals surface area contributed by atoms with Crippen molar-refractivity contribution in [2.75, 3.05) is 20.2 Å². The number of imide groups is 1. The van der Waals surface area contributed by atoms with Gasteiger partial charge in [0.2, 0.25) is 17.7 Å². The molecule has 0 aromatic heterocycles. The number of fused-ring (bicyclic) bond motifs is 1. The van der Waals surface area contributed by atoms with Gasteiger partial charge < -0.3 is 9.64 Å². The Hall–Kier alpha value is -2.63. The van der Waals surface area contributed by atoms with Gasteiger partial charge in [-0.3, -0.25) is 19.3 Å². The van der Waals surface area contributed by atoms with Gasteiger partial charge in [0.25, 0.3) is 0 Å². The second kappa shape index (κ2) is 6.59. The Morgan fingerprint density at radius 1 is 1.08 bits per heavy atom. The van der Waals surface area contributed by atoms with E-state index < -0.39 is 0 Å². The minimum Gasteiger partial charge on any atom is -0.496 e. The minimum absolute atomic E-state index is 0.0103. The number of amides is 3. The zero-order valence-corrected chi connectivity index (χ0v) is 14.8. The van der Waals surface area contributed by atoms with Crippen molar-refractivity contribution in [3.8, 4) is 5.75 Å². The van der Waals surface area contributed by atoms with Crippen molar-refractivity contribution in [1.82, 2.24) is 9.80 Å². The molecule has 26 heavy (non-hydrogen) atoms. The first-order valence-corrected chi connectivity index (χ1v) is 9.01. The number of nitrogens with zero attached hydrogens (tertiary/aromatic N) is 2. The van der Waals surface area contributed by atoms with Crippen LogP contribution in [0.25, 0.3) is 0 Å². The minimum atomic E-state index is -0.203. The van der Waals surface area contributed by atoms with Crippen molar-refractivity contribution in [1.29, 1.82) is 0 Å². The molecule has 2 aliphatic heterocycles. The summed E-state index contributed by atoms with van der Waals surface area (Å²) in [6.07, 6.45) is 5.52. The molecule has 2 heterocycles. The summed E-state index contributed by atoms with van der Waals surface area (Å²) in [5.41, 5.74) is 0.842. The SMILES string of the molecule is COc1ccccc1CC(=O)N1CC(N2C(=O)C3CC=CCC3C2=O)C1. The summed E-state index contributed by atoms with van der Waals surface area (Å²) in [6, 6.07) is 7.27. The third-order valence-electron chi connectivity index (χ3n) is 5.66. The highest BCUT2D eigenvalue weighted by Gasteiger charge is 2.52. The van der Waals surface area contributed by atoms with Crippen LogP contribution < -0.4 is 4.74 Å². The number of ether oxygens (including phenoxy) is 1. The van der Waals surface area contributed by atoms with E-state index in [9.17, 15) is 14.4 Å². The molecule has 1 aromatic carbocycles. The number of benzene rings is 1. The van der Waals surface area contributed by atoms with E-state index in [2.05, 4.69) is 0 Å². The van der Waals surface area contributed by atoms with Crippen LogP contribution in [0.3, 0.4) is 0 Å². The maximum absolute atomic E-state index is 12.6. The Morgan fingerprint density at radius 2 is 1.69 bits per heavy atom. The van der Waals surface area contributed by atoms with Crippen LogP contribution in [0, 0.1) is 11.8 Å². The Balaban J connectivity index is 1.37. The quantitative estimate of drug-likeness (QED) is 0.606. The summed E-state index contributed by atoms with van der Waals surface area (Å²) >= 11 is 0. The standard InChI is InChI=1S/C20H22N2O4/c1-26-17-9-5-2-6-13(17)10-18(23)21-11-14(12-21)22-19(24)15-7-3-4-8-16(15)20(22)25/h2-6,9,14-16H,7-8,10-12H2,1H3. The molecule has 4 rings (SSSR count). The van der Waals surface area contributed by atoms with Crippen LogP contribution in [-0.2, 0) is 20.8 Å². The van der Waals surface area contributed by atoms with E-state index in [0.29, 0.717) is 31.7 Å². The highest BCUT2D eigenvalue weighted by atomic mass is 16.5. The average Bonchev–Trinajstić information content (AvgIpc) is 2.86. The van der Waals surface area contributed by atoms with Gasteiger partial charge in [0.1, 0.15) is 5.75 Å². The lowest BCUT2D eigenvalue weighted by molar-refractivity contribution is -0.152. The monoisotopic (exact) mass is 354 g/mol. The van der Waals surface area contributed by atoms with Gasteiger partial charge in [0, 0.05) is 18.7 Å². The zero-order chi connectivity index (χ0) is 18.3. The molecule has 1 aliphatic carbocycles. The molecule has 136 valence electrons. The third kappa shape index (κ3) is 2.69. The maximum Gasteiger partial charge on any atom is 0.233 e. The van der Waals surface area contributed by atoms with Crippen molar-refractivity contribution in [3.63, 3.8) is 0 Å². The molecule has 0 N–H and O–H groups in total. The number of allylic oxidation sites excluding steroid dienone is 2. The van der Waals surface area contributed by atoms with Gasteiger partial charge >= 0.3 is 0 Å². The normalized spacial score (nSPS) is 25.3. The number of hydrogen-bond acceptors (Lipinski definition) is 4. The van der Waals surface area contributed by atoms with E-state index in [-0.39, 0.29) is 42.0 Å². The molecule has 0 bridgehead atoms. The van der Waals surface area contributed by atoms with E-state index in [1.807, 2.05) is 36.4 Å². The fourth-order valence-electron chi connectivity index (χ4n) is 4.13. The van der Waals surface area contributed by atoms with E-state index in [1.54, 1.807) is 12.0 Å². The van der Waals surface area contributed by atoms with Crippen LogP contribution in [0.2, 0.25) is 0 Å². The highest BCUT2D eigenvalue weighted by Crippen LogP contribution is 2.37. The van der Waals surface area contributed by atoms with E-state index >= 15 is 0 Å². The van der Waals surface area contributed by atoms with Gasteiger partial charge in [-0.25, -0.2) is 0 Å². The molecule has 1 aromatic rings. The largest absolute Gasteiger partial charge is 0.496 e. The van der Waals surface area contributed by atoms with Crippen molar-refractivity contribution in [2.24, 2.45) is 11.8 Å². The van der Waals surface area contributed by atoms with Crippen molar-refractivity contribution < 1.29 is 19.1 Å². The molecule has 2 unspecified atom stereocenters. The number of rotatable bonds is 4. The smallest absolute Gasteiger partial charge is 0.233 e. The van der Waals surface area contributed by atoms with Crippen molar-refractivity contribution in [2.45, 2.75) is 25.3 Å². The molecular weight excluding hydrogens is 332 g/mol. The number of para-hydroxylation sites is 1. The van der Waals surface area contributed by atoms with Crippen molar-refractivity contribution >= 4 is 17.7 Å². The van der Waals surface area contributed by atoms with Crippen LogP contribution in [0.4, 0.5) is 0 Å². The molecule has 3 aliphatic rings. The second-order valence-electron chi connectivity index (χ2n) is 7.14. The zero-order valence-electron chi connectivity index (χ0n) is 14.8. The van der Waals surface area contributed by atoms with Gasteiger partial charge in [0.15, 0.2) is 0 Å². The fourth-order valence-corrected chi connectivity index (χ4v) is 4.13. The van der Waals surface area contributed by atoms with Crippen molar-refractivity contribution in [3.05, 3.63) is 42.0 Å². The predicted molar refractivity (Wildman–Crippen MR) is 94.3 cm³/mol. The van der Waals surface area contributed by atoms with Crippen LogP contribution in [0.1, 0.15) is 18.4 Å². The molecular formula is C20H22N2O4. The van der Waals surface area contributed by atoms with E-state index in [0.717, 1.165) is 5.56 Å². The highest BCUT2D eigenvalue weighted by molar-refractivity contribution is 6.06. The van der Waals surface area contributed by atoms with Crippen LogP contribution in [0.5, 0.6) is 5.75 Å². The lowest BCUT2D eigenvalue weighted by Crippen LogP contribution is -2.62. The molecule has 2 fully saturated rings. The summed E-state index contributed by atoms with van der Waals surface area (Å²) in [4.78, 5) is 40.8. The summed E-state index contributed by atoms with van der Waals surface area (Å²) in [7, 11) is 1.59. The molecule has 2 atom stereocenters. The lowest BCUT2D eigenvalue weighted by Gasteiger charge is -2.43. The van der Waals surface area contributed by atoms with E-state index in [4.69, 9.17) is 4.74 Å². The van der Waals surface area contributed by atoms with E-state index in [1.165, 1.54) is 4.90 Å². The number of hydrogen-bond donors (Lipinski definition) is 0. The predicted octanol–water partition coefficient (Wildman–Crippen LogP) is 1.40. The average molecular weight is 354 g/mol. The first-order valence-electron chi connectivity index (χ1n) is 9.01. The lowest BCUT2D eigenvalue weighted by atomic mass is 9.85. The number of carbonyl (C=O) groups excluding carboxylic acids is 3. The summed E-state index contributed by atoms with van der Waals surface area (Å²) in [6.45, 7) is 0.858. The van der Waals surface area contributed by atoms with Crippen LogP contribution >= 0.6 is 0 Å². The molecule has 0 saturated carbocycles. The van der Waals surface area contributed by atoms with Gasteiger partial charge in [-0.2, -0.15) is 0 Å². The molecule has 6 heteroatoms. The first kappa shape index (κ1) is 16.8. The maximum atomic E-state index is 12.6. The van der Waals surface area contributed by atoms with Crippen LogP contribution in [0.15, 0.2) is 36.4 Å². The topological polar surface area (TPSA) is 66.9 Å². The Kier molecular flexibility index (Phi) is 4.26. The van der Waals surface area contributed by atoms with Crippen LogP contribution in [-0.4, -0.2) is 53.8 Å².